The zero-order valence-corrected chi connectivity index (χ0v) is 20.0. The fourth-order valence-electron chi connectivity index (χ4n) is 5.42. The molecule has 194 valence electrons. The number of carbonyl (C=O) groups is 2. The van der Waals surface area contributed by atoms with Crippen LogP contribution in [0.3, 0.4) is 0 Å². The molecule has 36 heavy (non-hydrogen) atoms. The lowest BCUT2D eigenvalue weighted by Crippen LogP contribution is -2.45. The Bertz CT molecular complexity index is 1050. The van der Waals surface area contributed by atoms with Crippen LogP contribution in [-0.2, 0) is 11.2 Å². The zero-order chi connectivity index (χ0) is 25.7. The highest BCUT2D eigenvalue weighted by Crippen LogP contribution is 2.32. The molecule has 2 aromatic rings. The van der Waals surface area contributed by atoms with E-state index >= 15 is 0 Å². The Morgan fingerprint density at radius 3 is 2.36 bits per heavy atom. The number of halogens is 3. The number of hydrogen-bond acceptors (Lipinski definition) is 4. The molecule has 1 saturated carbocycles. The first-order valence-corrected chi connectivity index (χ1v) is 12.4. The zero-order valence-electron chi connectivity index (χ0n) is 20.0. The number of anilines is 1. The number of nitrogens with one attached hydrogen (secondary N) is 1. The Hall–Kier alpha value is -3.23. The molecular formula is C27H31F3N2O4. The molecule has 1 amide bonds. The number of ether oxygens (including phenoxy) is 1. The van der Waals surface area contributed by atoms with E-state index in [0.717, 1.165) is 36.9 Å². The van der Waals surface area contributed by atoms with Crippen LogP contribution >= 0.6 is 0 Å². The summed E-state index contributed by atoms with van der Waals surface area (Å²) in [5.74, 6) is -0.875. The van der Waals surface area contributed by atoms with Crippen molar-refractivity contribution >= 4 is 17.6 Å². The van der Waals surface area contributed by atoms with Crippen LogP contribution in [0, 0.1) is 11.8 Å². The van der Waals surface area contributed by atoms with Gasteiger partial charge in [0.2, 0.25) is 5.91 Å². The lowest BCUT2D eigenvalue weighted by atomic mass is 9.91. The third kappa shape index (κ3) is 6.71. The van der Waals surface area contributed by atoms with E-state index in [9.17, 15) is 27.9 Å². The van der Waals surface area contributed by atoms with Crippen LogP contribution in [-0.4, -0.2) is 42.5 Å². The van der Waals surface area contributed by atoms with Gasteiger partial charge in [-0.15, -0.1) is 13.2 Å². The quantitative estimate of drug-likeness (QED) is 0.502. The molecule has 6 nitrogen and oxygen atoms in total. The van der Waals surface area contributed by atoms with Gasteiger partial charge in [0.15, 0.2) is 0 Å². The average molecular weight is 505 g/mol. The van der Waals surface area contributed by atoms with Crippen LogP contribution in [0.1, 0.15) is 54.4 Å². The van der Waals surface area contributed by atoms with Gasteiger partial charge >= 0.3 is 12.3 Å². The molecule has 2 aliphatic rings. The predicted octanol–water partition coefficient (Wildman–Crippen LogP) is 5.42. The number of carbonyl (C=O) groups excluding carboxylic acids is 1. The van der Waals surface area contributed by atoms with Gasteiger partial charge in [0, 0.05) is 30.7 Å². The summed E-state index contributed by atoms with van der Waals surface area (Å²) in [5, 5.41) is 12.7. The normalized spacial score (nSPS) is 20.8. The Labute approximate surface area is 208 Å². The van der Waals surface area contributed by atoms with Gasteiger partial charge in [-0.2, -0.15) is 0 Å². The third-order valence-electron chi connectivity index (χ3n) is 7.32. The molecule has 1 aliphatic carbocycles. The van der Waals surface area contributed by atoms with Crippen molar-refractivity contribution in [1.29, 1.82) is 0 Å². The number of carboxylic acid groups (broad SMARTS) is 1. The van der Waals surface area contributed by atoms with Gasteiger partial charge in [-0.1, -0.05) is 24.6 Å². The summed E-state index contributed by atoms with van der Waals surface area (Å²) in [6.45, 7) is 1.30. The van der Waals surface area contributed by atoms with E-state index in [-0.39, 0.29) is 23.6 Å². The topological polar surface area (TPSA) is 78.9 Å². The summed E-state index contributed by atoms with van der Waals surface area (Å²) in [5.41, 5.74) is 1.97. The lowest BCUT2D eigenvalue weighted by molar-refractivity contribution is -0.274. The second kappa shape index (κ2) is 11.2. The number of rotatable bonds is 8. The number of piperidine rings is 1. The smallest absolute Gasteiger partial charge is 0.478 e. The molecule has 2 atom stereocenters. The van der Waals surface area contributed by atoms with E-state index in [0.29, 0.717) is 43.8 Å². The molecule has 2 fully saturated rings. The van der Waals surface area contributed by atoms with Crippen LogP contribution in [0.4, 0.5) is 18.9 Å². The second-order valence-corrected chi connectivity index (χ2v) is 9.61. The van der Waals surface area contributed by atoms with Crippen molar-refractivity contribution in [2.24, 2.45) is 11.8 Å². The summed E-state index contributed by atoms with van der Waals surface area (Å²) in [6, 6.07) is 13.0. The second-order valence-electron chi connectivity index (χ2n) is 9.61. The van der Waals surface area contributed by atoms with E-state index in [4.69, 9.17) is 0 Å². The Morgan fingerprint density at radius 1 is 1.00 bits per heavy atom. The van der Waals surface area contributed by atoms with Crippen molar-refractivity contribution in [2.45, 2.75) is 57.3 Å². The van der Waals surface area contributed by atoms with E-state index in [1.165, 1.54) is 12.1 Å². The fraction of sp³-hybridized carbons (Fsp3) is 0.481. The monoisotopic (exact) mass is 504 g/mol. The van der Waals surface area contributed by atoms with Gasteiger partial charge in [-0.05, 0) is 80.3 Å². The van der Waals surface area contributed by atoms with Crippen molar-refractivity contribution < 1.29 is 32.6 Å². The maximum Gasteiger partial charge on any atom is 0.573 e. The molecule has 0 unspecified atom stereocenters. The highest BCUT2D eigenvalue weighted by atomic mass is 19.4. The number of aromatic carboxylic acids is 1. The van der Waals surface area contributed by atoms with Crippen molar-refractivity contribution in [3.8, 4) is 5.75 Å². The molecule has 1 heterocycles. The average Bonchev–Trinajstić information content (AvgIpc) is 3.29. The summed E-state index contributed by atoms with van der Waals surface area (Å²) in [7, 11) is 0. The first-order valence-electron chi connectivity index (χ1n) is 12.4. The number of carboxylic acids is 1. The minimum atomic E-state index is -4.71. The number of nitrogens with zero attached hydrogens (tertiary/aromatic N) is 1. The van der Waals surface area contributed by atoms with Crippen LogP contribution in [0.2, 0.25) is 0 Å². The van der Waals surface area contributed by atoms with Gasteiger partial charge in [0.05, 0.1) is 5.56 Å². The summed E-state index contributed by atoms with van der Waals surface area (Å²) >= 11 is 0. The number of benzene rings is 2. The van der Waals surface area contributed by atoms with E-state index in [1.54, 1.807) is 24.3 Å². The lowest BCUT2D eigenvalue weighted by Gasteiger charge is -2.34. The highest BCUT2D eigenvalue weighted by molar-refractivity contribution is 5.89. The van der Waals surface area contributed by atoms with E-state index in [2.05, 4.69) is 15.0 Å². The number of aryl methyl sites for hydroxylation is 1. The molecule has 4 rings (SSSR count). The first-order chi connectivity index (χ1) is 17.2. The molecule has 0 aromatic heterocycles. The summed E-state index contributed by atoms with van der Waals surface area (Å²) in [4.78, 5) is 26.6. The van der Waals surface area contributed by atoms with Gasteiger partial charge < -0.3 is 20.1 Å². The third-order valence-corrected chi connectivity index (χ3v) is 7.32. The fourth-order valence-corrected chi connectivity index (χ4v) is 5.42. The maximum atomic E-state index is 13.0. The molecule has 1 saturated heterocycles. The summed E-state index contributed by atoms with van der Waals surface area (Å²) in [6.07, 6.45) is 1.14. The van der Waals surface area contributed by atoms with Crippen LogP contribution in [0.5, 0.6) is 5.75 Å². The highest BCUT2D eigenvalue weighted by Gasteiger charge is 2.33. The van der Waals surface area contributed by atoms with E-state index in [1.807, 2.05) is 12.1 Å². The number of alkyl halides is 3. The van der Waals surface area contributed by atoms with Crippen LogP contribution < -0.4 is 15.0 Å². The Kier molecular flexibility index (Phi) is 8.06. The van der Waals surface area contributed by atoms with Crippen LogP contribution in [0.15, 0.2) is 48.5 Å². The maximum absolute atomic E-state index is 13.0. The first kappa shape index (κ1) is 25.9. The standard InChI is InChI=1S/C27H31F3N2O4/c28-27(29,30)36-22-12-10-21(11-13-22)32-16-14-20(15-17-32)25(33)31-24-7-3-5-19(24)9-8-18-4-1-2-6-23(18)26(34)35/h1-2,4,6,10-13,19-20,24H,3,5,7-9,14-17H2,(H,31,33)(H,34,35)/t19-,24-/m0/s1. The largest absolute Gasteiger partial charge is 0.573 e. The molecule has 0 spiro atoms. The molecule has 2 aromatic carbocycles. The van der Waals surface area contributed by atoms with Gasteiger partial charge in [0.25, 0.3) is 0 Å². The van der Waals surface area contributed by atoms with Crippen molar-refractivity contribution in [2.75, 3.05) is 18.0 Å². The Morgan fingerprint density at radius 2 is 1.69 bits per heavy atom. The van der Waals surface area contributed by atoms with Crippen LogP contribution in [0.25, 0.3) is 0 Å². The molecule has 9 heteroatoms. The summed E-state index contributed by atoms with van der Waals surface area (Å²) < 4.78 is 41.0. The van der Waals surface area contributed by atoms with E-state index < -0.39 is 12.3 Å². The number of hydrogen-bond donors (Lipinski definition) is 2. The minimum Gasteiger partial charge on any atom is -0.478 e. The SMILES string of the molecule is O=C(O)c1ccccc1CC[C@@H]1CCC[C@@H]1NC(=O)C1CCN(c2ccc(OC(F)(F)F)cc2)CC1. The molecule has 1 aliphatic heterocycles. The predicted molar refractivity (Wildman–Crippen MR) is 129 cm³/mol. The molecule has 0 bridgehead atoms. The Balaban J connectivity index is 1.25. The van der Waals surface area contributed by atoms with Gasteiger partial charge in [-0.3, -0.25) is 4.79 Å². The van der Waals surface area contributed by atoms with Crippen molar-refractivity contribution in [3.05, 3.63) is 59.7 Å². The van der Waals surface area contributed by atoms with Gasteiger partial charge in [0.1, 0.15) is 5.75 Å². The minimum absolute atomic E-state index is 0.0615. The van der Waals surface area contributed by atoms with Crippen molar-refractivity contribution in [1.82, 2.24) is 5.32 Å². The molecule has 2 N–H and O–H groups in total. The molecule has 0 radical (unpaired) electrons. The number of amides is 1. The van der Waals surface area contributed by atoms with Gasteiger partial charge in [-0.25, -0.2) is 4.79 Å². The molecular weight excluding hydrogens is 473 g/mol. The van der Waals surface area contributed by atoms with Crippen molar-refractivity contribution in [3.63, 3.8) is 0 Å².